The van der Waals surface area contributed by atoms with Gasteiger partial charge >= 0.3 is 0 Å². The Labute approximate surface area is 157 Å². The number of nitrogens with zero attached hydrogens (tertiary/aromatic N) is 3. The Morgan fingerprint density at radius 3 is 2.63 bits per heavy atom. The third-order valence-electron chi connectivity index (χ3n) is 4.02. The number of carbonyl (C=O) groups excluding carboxylic acids is 1. The molecule has 2 aromatic heterocycles. The molecule has 0 saturated heterocycles. The summed E-state index contributed by atoms with van der Waals surface area (Å²) >= 11 is 0. The van der Waals surface area contributed by atoms with Crippen LogP contribution < -0.4 is 4.74 Å². The molecule has 3 aromatic rings. The van der Waals surface area contributed by atoms with Crippen LogP contribution in [-0.4, -0.2) is 41.1 Å². The minimum Gasteiger partial charge on any atom is -0.497 e. The third kappa shape index (κ3) is 4.75. The van der Waals surface area contributed by atoms with E-state index in [0.29, 0.717) is 42.9 Å². The van der Waals surface area contributed by atoms with Gasteiger partial charge in [0, 0.05) is 25.1 Å². The Morgan fingerprint density at radius 2 is 2.00 bits per heavy atom. The largest absolute Gasteiger partial charge is 0.497 e. The molecule has 0 spiro atoms. The van der Waals surface area contributed by atoms with Gasteiger partial charge in [0.1, 0.15) is 5.75 Å². The van der Waals surface area contributed by atoms with Gasteiger partial charge in [0.05, 0.1) is 13.4 Å². The van der Waals surface area contributed by atoms with Crippen LogP contribution in [0.15, 0.2) is 51.6 Å². The second kappa shape index (κ2) is 8.53. The fraction of sp³-hybridized carbons (Fsp3) is 0.350. The summed E-state index contributed by atoms with van der Waals surface area (Å²) in [6.07, 6.45) is 1.97. The highest BCUT2D eigenvalue weighted by Crippen LogP contribution is 2.20. The molecule has 2 heterocycles. The lowest BCUT2D eigenvalue weighted by molar-refractivity contribution is 0.0702. The molecule has 1 amide bonds. The van der Waals surface area contributed by atoms with E-state index in [2.05, 4.69) is 24.0 Å². The molecule has 1 aromatic carbocycles. The summed E-state index contributed by atoms with van der Waals surface area (Å²) in [6, 6.07) is 10.8. The topological polar surface area (TPSA) is 81.6 Å². The zero-order chi connectivity index (χ0) is 19.2. The maximum atomic E-state index is 12.6. The lowest BCUT2D eigenvalue weighted by Gasteiger charge is -2.22. The quantitative estimate of drug-likeness (QED) is 0.602. The number of benzene rings is 1. The Kier molecular flexibility index (Phi) is 5.90. The van der Waals surface area contributed by atoms with Crippen LogP contribution in [0.5, 0.6) is 5.75 Å². The molecule has 7 heteroatoms. The first-order chi connectivity index (χ1) is 13.1. The van der Waals surface area contributed by atoms with E-state index in [1.165, 1.54) is 6.26 Å². The minimum absolute atomic E-state index is 0.136. The number of ether oxygens (including phenoxy) is 1. The van der Waals surface area contributed by atoms with Gasteiger partial charge in [-0.2, -0.15) is 4.98 Å². The van der Waals surface area contributed by atoms with Gasteiger partial charge in [-0.3, -0.25) is 4.79 Å². The van der Waals surface area contributed by atoms with Crippen molar-refractivity contribution >= 4 is 5.91 Å². The standard InChI is InChI=1S/C20H23N3O4/c1-14(2)13-23(20(24)17-5-4-12-26-17)11-10-18-21-19(22-27-18)15-6-8-16(25-3)9-7-15/h4-9,12,14H,10-11,13H2,1-3H3. The Bertz CT molecular complexity index is 854. The summed E-state index contributed by atoms with van der Waals surface area (Å²) in [4.78, 5) is 18.8. The van der Waals surface area contributed by atoms with Crippen LogP contribution in [0.3, 0.4) is 0 Å². The first kappa shape index (κ1) is 18.7. The third-order valence-corrected chi connectivity index (χ3v) is 4.02. The number of amides is 1. The van der Waals surface area contributed by atoms with E-state index in [9.17, 15) is 4.79 Å². The maximum Gasteiger partial charge on any atom is 0.289 e. The van der Waals surface area contributed by atoms with Crippen molar-refractivity contribution in [2.24, 2.45) is 5.92 Å². The van der Waals surface area contributed by atoms with E-state index < -0.39 is 0 Å². The molecule has 7 nitrogen and oxygen atoms in total. The predicted molar refractivity (Wildman–Crippen MR) is 99.4 cm³/mol. The van der Waals surface area contributed by atoms with Crippen LogP contribution in [0, 0.1) is 5.92 Å². The van der Waals surface area contributed by atoms with Gasteiger partial charge in [-0.25, -0.2) is 0 Å². The first-order valence-electron chi connectivity index (χ1n) is 8.86. The molecule has 0 bridgehead atoms. The molecule has 0 N–H and O–H groups in total. The van der Waals surface area contributed by atoms with Gasteiger partial charge in [0.2, 0.25) is 11.7 Å². The van der Waals surface area contributed by atoms with Crippen molar-refractivity contribution < 1.29 is 18.5 Å². The molecule has 0 fully saturated rings. The van der Waals surface area contributed by atoms with Crippen molar-refractivity contribution in [1.82, 2.24) is 15.0 Å². The number of carbonyl (C=O) groups is 1. The van der Waals surface area contributed by atoms with Gasteiger partial charge in [-0.15, -0.1) is 0 Å². The molecule has 0 unspecified atom stereocenters. The molecule has 142 valence electrons. The zero-order valence-electron chi connectivity index (χ0n) is 15.7. The average molecular weight is 369 g/mol. The highest BCUT2D eigenvalue weighted by Gasteiger charge is 2.20. The van der Waals surface area contributed by atoms with E-state index in [-0.39, 0.29) is 5.91 Å². The van der Waals surface area contributed by atoms with E-state index >= 15 is 0 Å². The number of rotatable bonds is 8. The molecule has 27 heavy (non-hydrogen) atoms. The SMILES string of the molecule is COc1ccc(-c2noc(CCN(CC(C)C)C(=O)c3ccco3)n2)cc1. The van der Waals surface area contributed by atoms with Crippen LogP contribution >= 0.6 is 0 Å². The second-order valence-electron chi connectivity index (χ2n) is 6.61. The van der Waals surface area contributed by atoms with Crippen molar-refractivity contribution in [2.75, 3.05) is 20.2 Å². The molecule has 0 saturated carbocycles. The molecular formula is C20H23N3O4. The summed E-state index contributed by atoms with van der Waals surface area (Å²) in [5.74, 6) is 2.30. The number of aromatic nitrogens is 2. The van der Waals surface area contributed by atoms with Gasteiger partial charge in [-0.1, -0.05) is 19.0 Å². The molecule has 0 atom stereocenters. The summed E-state index contributed by atoms with van der Waals surface area (Å²) in [5, 5.41) is 4.03. The molecule has 0 radical (unpaired) electrons. The fourth-order valence-electron chi connectivity index (χ4n) is 2.72. The highest BCUT2D eigenvalue weighted by molar-refractivity contribution is 5.91. The van der Waals surface area contributed by atoms with Gasteiger partial charge in [-0.05, 0) is 42.3 Å². The van der Waals surface area contributed by atoms with Crippen molar-refractivity contribution in [3.05, 3.63) is 54.3 Å². The normalized spacial score (nSPS) is 11.0. The maximum absolute atomic E-state index is 12.6. The second-order valence-corrected chi connectivity index (χ2v) is 6.61. The number of hydrogen-bond acceptors (Lipinski definition) is 6. The Morgan fingerprint density at radius 1 is 1.22 bits per heavy atom. The summed E-state index contributed by atoms with van der Waals surface area (Å²) in [6.45, 7) is 5.23. The zero-order valence-corrected chi connectivity index (χ0v) is 15.7. The van der Waals surface area contributed by atoms with Gasteiger partial charge in [0.25, 0.3) is 5.91 Å². The van der Waals surface area contributed by atoms with E-state index in [4.69, 9.17) is 13.7 Å². The van der Waals surface area contributed by atoms with Crippen molar-refractivity contribution in [1.29, 1.82) is 0 Å². The number of methoxy groups -OCH3 is 1. The molecule has 0 aliphatic heterocycles. The lowest BCUT2D eigenvalue weighted by atomic mass is 10.2. The average Bonchev–Trinajstić information content (AvgIpc) is 3.36. The predicted octanol–water partition coefficient (Wildman–Crippen LogP) is 3.68. The summed E-state index contributed by atoms with van der Waals surface area (Å²) in [7, 11) is 1.62. The fourth-order valence-corrected chi connectivity index (χ4v) is 2.72. The Hall–Kier alpha value is -3.09. The minimum atomic E-state index is -0.136. The number of furan rings is 1. The van der Waals surface area contributed by atoms with Gasteiger partial charge in [0.15, 0.2) is 5.76 Å². The van der Waals surface area contributed by atoms with E-state index in [1.807, 2.05) is 24.3 Å². The Balaban J connectivity index is 1.66. The van der Waals surface area contributed by atoms with Crippen molar-refractivity contribution in [3.8, 4) is 17.1 Å². The lowest BCUT2D eigenvalue weighted by Crippen LogP contribution is -2.35. The molecule has 0 aliphatic rings. The number of hydrogen-bond donors (Lipinski definition) is 0. The van der Waals surface area contributed by atoms with Crippen LogP contribution in [0.1, 0.15) is 30.3 Å². The van der Waals surface area contributed by atoms with E-state index in [0.717, 1.165) is 11.3 Å². The molecular weight excluding hydrogens is 346 g/mol. The van der Waals surface area contributed by atoms with Crippen LogP contribution in [0.4, 0.5) is 0 Å². The first-order valence-corrected chi connectivity index (χ1v) is 8.86. The van der Waals surface area contributed by atoms with Gasteiger partial charge < -0.3 is 18.6 Å². The van der Waals surface area contributed by atoms with Crippen LogP contribution in [-0.2, 0) is 6.42 Å². The monoisotopic (exact) mass is 369 g/mol. The van der Waals surface area contributed by atoms with Crippen molar-refractivity contribution in [3.63, 3.8) is 0 Å². The smallest absolute Gasteiger partial charge is 0.289 e. The molecule has 3 rings (SSSR count). The van der Waals surface area contributed by atoms with Crippen LogP contribution in [0.25, 0.3) is 11.4 Å². The summed E-state index contributed by atoms with van der Waals surface area (Å²) in [5.41, 5.74) is 0.844. The summed E-state index contributed by atoms with van der Waals surface area (Å²) < 4.78 is 15.7. The molecule has 0 aliphatic carbocycles. The van der Waals surface area contributed by atoms with E-state index in [1.54, 1.807) is 24.1 Å². The highest BCUT2D eigenvalue weighted by atomic mass is 16.5. The van der Waals surface area contributed by atoms with Crippen molar-refractivity contribution in [2.45, 2.75) is 20.3 Å². The van der Waals surface area contributed by atoms with Crippen LogP contribution in [0.2, 0.25) is 0 Å².